The molecule has 2 atom stereocenters. The number of hydrogen-bond donors (Lipinski definition) is 0. The molecule has 1 saturated carbocycles. The van der Waals surface area contributed by atoms with Gasteiger partial charge in [0.1, 0.15) is 0 Å². The fraction of sp³-hybridized carbons (Fsp3) is 0.308. The zero-order valence-corrected chi connectivity index (χ0v) is 8.16. The molecular weight excluding hydrogens is 172 g/mol. The Morgan fingerprint density at radius 1 is 1.36 bits per heavy atom. The highest BCUT2D eigenvalue weighted by atomic mass is 16.1. The first-order chi connectivity index (χ1) is 6.77. The molecule has 1 heteroatoms. The Labute approximate surface area is 84.1 Å². The standard InChI is InChI=1S/C13H12O/c1-10-9-12(10)13(14)8-7-11-5-3-2-4-6-11/h2-6,10,12H,9H2,1H3. The largest absolute Gasteiger partial charge is 0.285 e. The minimum absolute atomic E-state index is 0.0985. The van der Waals surface area contributed by atoms with E-state index < -0.39 is 0 Å². The lowest BCUT2D eigenvalue weighted by molar-refractivity contribution is -0.115. The Morgan fingerprint density at radius 3 is 2.57 bits per heavy atom. The SMILES string of the molecule is CC1CC1C(=O)C#Cc1ccccc1. The van der Waals surface area contributed by atoms with Gasteiger partial charge in [0.25, 0.3) is 0 Å². The van der Waals surface area contributed by atoms with Gasteiger partial charge in [-0.2, -0.15) is 0 Å². The normalized spacial score (nSPS) is 23.5. The zero-order chi connectivity index (χ0) is 9.97. The first-order valence-corrected chi connectivity index (χ1v) is 4.88. The molecule has 14 heavy (non-hydrogen) atoms. The molecule has 2 rings (SSSR count). The van der Waals surface area contributed by atoms with Gasteiger partial charge >= 0.3 is 0 Å². The maximum Gasteiger partial charge on any atom is 0.209 e. The van der Waals surface area contributed by atoms with E-state index in [-0.39, 0.29) is 11.7 Å². The van der Waals surface area contributed by atoms with Crippen LogP contribution in [0.4, 0.5) is 0 Å². The van der Waals surface area contributed by atoms with Crippen LogP contribution in [0.15, 0.2) is 30.3 Å². The molecule has 0 aliphatic heterocycles. The average molecular weight is 184 g/mol. The molecule has 1 aromatic rings. The molecule has 1 fully saturated rings. The molecule has 0 radical (unpaired) electrons. The summed E-state index contributed by atoms with van der Waals surface area (Å²) >= 11 is 0. The van der Waals surface area contributed by atoms with Crippen molar-refractivity contribution >= 4 is 5.78 Å². The Hall–Kier alpha value is -1.55. The second-order valence-corrected chi connectivity index (χ2v) is 3.80. The average Bonchev–Trinajstić information content (AvgIpc) is 2.94. The monoisotopic (exact) mass is 184 g/mol. The highest BCUT2D eigenvalue weighted by molar-refractivity contribution is 5.99. The third-order valence-corrected chi connectivity index (χ3v) is 2.55. The number of ketones is 1. The lowest BCUT2D eigenvalue weighted by Crippen LogP contribution is -1.96. The maximum atomic E-state index is 11.4. The molecule has 0 saturated heterocycles. The van der Waals surface area contributed by atoms with E-state index in [1.165, 1.54) is 0 Å². The van der Waals surface area contributed by atoms with E-state index in [0.29, 0.717) is 5.92 Å². The molecule has 1 aliphatic rings. The molecule has 0 heterocycles. The van der Waals surface area contributed by atoms with Gasteiger partial charge in [0.15, 0.2) is 0 Å². The molecule has 0 aromatic heterocycles. The van der Waals surface area contributed by atoms with Crippen molar-refractivity contribution in [3.63, 3.8) is 0 Å². The summed E-state index contributed by atoms with van der Waals surface area (Å²) < 4.78 is 0. The molecule has 1 aromatic carbocycles. The van der Waals surface area contributed by atoms with Gasteiger partial charge in [-0.1, -0.05) is 31.0 Å². The number of carbonyl (C=O) groups is 1. The second kappa shape index (κ2) is 3.67. The van der Waals surface area contributed by atoms with Crippen molar-refractivity contribution in [3.8, 4) is 11.8 Å². The van der Waals surface area contributed by atoms with Gasteiger partial charge in [0.05, 0.1) is 0 Å². The van der Waals surface area contributed by atoms with E-state index in [2.05, 4.69) is 18.8 Å². The summed E-state index contributed by atoms with van der Waals surface area (Å²) in [5.74, 6) is 6.45. The lowest BCUT2D eigenvalue weighted by atomic mass is 10.2. The summed E-state index contributed by atoms with van der Waals surface area (Å²) in [6.45, 7) is 2.09. The number of carbonyl (C=O) groups excluding carboxylic acids is 1. The van der Waals surface area contributed by atoms with Crippen LogP contribution in [0.3, 0.4) is 0 Å². The third-order valence-electron chi connectivity index (χ3n) is 2.55. The second-order valence-electron chi connectivity index (χ2n) is 3.80. The van der Waals surface area contributed by atoms with Crippen molar-refractivity contribution in [2.45, 2.75) is 13.3 Å². The third kappa shape index (κ3) is 2.03. The summed E-state index contributed by atoms with van der Waals surface area (Å²) in [7, 11) is 0. The van der Waals surface area contributed by atoms with Crippen LogP contribution < -0.4 is 0 Å². The number of Topliss-reactive ketones (excluding diaryl/α,β-unsaturated/α-hetero) is 1. The van der Waals surface area contributed by atoms with Gasteiger partial charge in [0.2, 0.25) is 5.78 Å². The lowest BCUT2D eigenvalue weighted by Gasteiger charge is -1.87. The van der Waals surface area contributed by atoms with Crippen LogP contribution in [0.1, 0.15) is 18.9 Å². The van der Waals surface area contributed by atoms with Crippen molar-refractivity contribution in [1.29, 1.82) is 0 Å². The van der Waals surface area contributed by atoms with Crippen LogP contribution in [0.25, 0.3) is 0 Å². The van der Waals surface area contributed by atoms with Crippen molar-refractivity contribution in [3.05, 3.63) is 35.9 Å². The Bertz CT molecular complexity index is 394. The number of hydrogen-bond acceptors (Lipinski definition) is 1. The molecule has 0 N–H and O–H groups in total. The van der Waals surface area contributed by atoms with Crippen molar-refractivity contribution in [2.24, 2.45) is 11.8 Å². The van der Waals surface area contributed by atoms with Crippen LogP contribution >= 0.6 is 0 Å². The summed E-state index contributed by atoms with van der Waals surface area (Å²) in [5.41, 5.74) is 0.911. The van der Waals surface area contributed by atoms with Crippen LogP contribution in [0.5, 0.6) is 0 Å². The van der Waals surface area contributed by atoms with Gasteiger partial charge in [-0.3, -0.25) is 4.79 Å². The molecule has 0 spiro atoms. The quantitative estimate of drug-likeness (QED) is 0.612. The summed E-state index contributed by atoms with van der Waals surface area (Å²) in [5, 5.41) is 0. The van der Waals surface area contributed by atoms with E-state index in [9.17, 15) is 4.79 Å². The summed E-state index contributed by atoms with van der Waals surface area (Å²) in [6.07, 6.45) is 1.02. The molecule has 1 aliphatic carbocycles. The minimum atomic E-state index is 0.0985. The summed E-state index contributed by atoms with van der Waals surface area (Å²) in [6, 6.07) is 9.62. The van der Waals surface area contributed by atoms with Crippen molar-refractivity contribution in [2.75, 3.05) is 0 Å². The maximum absolute atomic E-state index is 11.4. The first kappa shape index (κ1) is 9.02. The zero-order valence-electron chi connectivity index (χ0n) is 8.16. The predicted octanol–water partition coefficient (Wildman–Crippen LogP) is 2.26. The Kier molecular flexibility index (Phi) is 2.37. The highest BCUT2D eigenvalue weighted by Crippen LogP contribution is 2.38. The van der Waals surface area contributed by atoms with E-state index in [1.54, 1.807) is 0 Å². The Morgan fingerprint density at radius 2 is 2.00 bits per heavy atom. The van der Waals surface area contributed by atoms with Gasteiger partial charge in [-0.15, -0.1) is 0 Å². The minimum Gasteiger partial charge on any atom is -0.285 e. The molecule has 0 amide bonds. The van der Waals surface area contributed by atoms with E-state index in [4.69, 9.17) is 0 Å². The topological polar surface area (TPSA) is 17.1 Å². The van der Waals surface area contributed by atoms with Crippen molar-refractivity contribution in [1.82, 2.24) is 0 Å². The van der Waals surface area contributed by atoms with E-state index in [0.717, 1.165) is 12.0 Å². The van der Waals surface area contributed by atoms with Crippen LogP contribution in [0, 0.1) is 23.7 Å². The Balaban J connectivity index is 2.04. The first-order valence-electron chi connectivity index (χ1n) is 4.88. The van der Waals surface area contributed by atoms with Gasteiger partial charge in [-0.05, 0) is 30.4 Å². The number of rotatable bonds is 1. The fourth-order valence-electron chi connectivity index (χ4n) is 1.44. The van der Waals surface area contributed by atoms with Gasteiger partial charge in [-0.25, -0.2) is 0 Å². The molecular formula is C13H12O. The smallest absolute Gasteiger partial charge is 0.209 e. The van der Waals surface area contributed by atoms with E-state index >= 15 is 0 Å². The van der Waals surface area contributed by atoms with Crippen LogP contribution in [0.2, 0.25) is 0 Å². The summed E-state index contributed by atoms with van der Waals surface area (Å²) in [4.78, 5) is 11.4. The van der Waals surface area contributed by atoms with Crippen LogP contribution in [-0.4, -0.2) is 5.78 Å². The highest BCUT2D eigenvalue weighted by Gasteiger charge is 2.37. The molecule has 70 valence electrons. The van der Waals surface area contributed by atoms with Gasteiger partial charge < -0.3 is 0 Å². The fourth-order valence-corrected chi connectivity index (χ4v) is 1.44. The molecule has 0 bridgehead atoms. The van der Waals surface area contributed by atoms with Gasteiger partial charge in [0, 0.05) is 11.5 Å². The molecule has 2 unspecified atom stereocenters. The van der Waals surface area contributed by atoms with E-state index in [1.807, 2.05) is 30.3 Å². The van der Waals surface area contributed by atoms with Crippen LogP contribution in [-0.2, 0) is 4.79 Å². The molecule has 1 nitrogen and oxygen atoms in total. The predicted molar refractivity (Wildman–Crippen MR) is 55.6 cm³/mol. The number of benzene rings is 1. The van der Waals surface area contributed by atoms with Crippen molar-refractivity contribution < 1.29 is 4.79 Å².